The monoisotopic (exact) mass is 340 g/mol. The molecule has 130 valence electrons. The number of nitrogens with zero attached hydrogens (tertiary/aromatic N) is 3. The fourth-order valence-corrected chi connectivity index (χ4v) is 2.45. The van der Waals surface area contributed by atoms with Crippen LogP contribution in [0.25, 0.3) is 10.9 Å². The molecule has 3 aromatic rings. The first-order chi connectivity index (χ1) is 12.3. The van der Waals surface area contributed by atoms with Crippen LogP contribution in [0.2, 0.25) is 0 Å². The first-order valence-corrected chi connectivity index (χ1v) is 8.19. The highest BCUT2D eigenvalue weighted by Crippen LogP contribution is 2.12. The van der Waals surface area contributed by atoms with Gasteiger partial charge in [-0.15, -0.1) is 0 Å². The number of ether oxygens (including phenoxy) is 1. The van der Waals surface area contributed by atoms with Gasteiger partial charge in [0.25, 0.3) is 5.56 Å². The number of aromatic nitrogens is 2. The van der Waals surface area contributed by atoms with Crippen LogP contribution in [0.3, 0.4) is 0 Å². The number of anilines is 1. The summed E-state index contributed by atoms with van der Waals surface area (Å²) in [6.45, 7) is 3.68. The van der Waals surface area contributed by atoms with Crippen LogP contribution in [0.15, 0.2) is 57.0 Å². The molecule has 25 heavy (non-hydrogen) atoms. The van der Waals surface area contributed by atoms with Crippen molar-refractivity contribution in [2.45, 2.75) is 19.9 Å². The SMILES string of the molecule is CCOCCCn1c(N/N=C\c2ccco2)nc2ccccc2c1=O. The molecule has 0 bridgehead atoms. The summed E-state index contributed by atoms with van der Waals surface area (Å²) in [6, 6.07) is 10.8. The predicted molar refractivity (Wildman–Crippen MR) is 97.0 cm³/mol. The van der Waals surface area contributed by atoms with Crippen molar-refractivity contribution >= 4 is 23.1 Å². The van der Waals surface area contributed by atoms with Crippen LogP contribution < -0.4 is 11.0 Å². The standard InChI is InChI=1S/C18H20N4O3/c1-2-24-11-6-10-22-17(23)15-8-3-4-9-16(15)20-18(22)21-19-13-14-7-5-12-25-14/h3-5,7-9,12-13H,2,6,10-11H2,1H3,(H,20,21)/b19-13-. The summed E-state index contributed by atoms with van der Waals surface area (Å²) in [5.74, 6) is 1.00. The van der Waals surface area contributed by atoms with Gasteiger partial charge in [-0.3, -0.25) is 9.36 Å². The van der Waals surface area contributed by atoms with Crippen molar-refractivity contribution in [3.8, 4) is 0 Å². The van der Waals surface area contributed by atoms with Gasteiger partial charge in [-0.05, 0) is 37.6 Å². The van der Waals surface area contributed by atoms with Crippen molar-refractivity contribution in [3.05, 3.63) is 58.8 Å². The number of hydrogen-bond acceptors (Lipinski definition) is 6. The molecule has 0 aliphatic heterocycles. The van der Waals surface area contributed by atoms with E-state index in [0.717, 1.165) is 0 Å². The minimum atomic E-state index is -0.0993. The smallest absolute Gasteiger partial charge is 0.262 e. The molecule has 0 fully saturated rings. The molecule has 0 atom stereocenters. The first-order valence-electron chi connectivity index (χ1n) is 8.19. The van der Waals surface area contributed by atoms with E-state index >= 15 is 0 Å². The van der Waals surface area contributed by atoms with Crippen molar-refractivity contribution < 1.29 is 9.15 Å². The van der Waals surface area contributed by atoms with Crippen LogP contribution in [-0.2, 0) is 11.3 Å². The molecule has 0 aliphatic carbocycles. The number of nitrogens with one attached hydrogen (secondary N) is 1. The highest BCUT2D eigenvalue weighted by Gasteiger charge is 2.10. The fourth-order valence-electron chi connectivity index (χ4n) is 2.45. The Morgan fingerprint density at radius 3 is 3.00 bits per heavy atom. The van der Waals surface area contributed by atoms with Crippen LogP contribution in [0, 0.1) is 0 Å². The molecule has 0 unspecified atom stereocenters. The molecule has 7 heteroatoms. The van der Waals surface area contributed by atoms with Gasteiger partial charge in [0.1, 0.15) is 5.76 Å². The van der Waals surface area contributed by atoms with Crippen molar-refractivity contribution in [3.63, 3.8) is 0 Å². The molecule has 0 spiro atoms. The normalized spacial score (nSPS) is 11.4. The van der Waals surface area contributed by atoms with E-state index in [0.29, 0.717) is 48.8 Å². The van der Waals surface area contributed by atoms with E-state index in [1.165, 1.54) is 6.21 Å². The average Bonchev–Trinajstić information content (AvgIpc) is 3.14. The molecule has 0 amide bonds. The highest BCUT2D eigenvalue weighted by atomic mass is 16.5. The second-order valence-electron chi connectivity index (χ2n) is 5.35. The maximum absolute atomic E-state index is 12.8. The lowest BCUT2D eigenvalue weighted by molar-refractivity contribution is 0.141. The van der Waals surface area contributed by atoms with Gasteiger partial charge >= 0.3 is 0 Å². The topological polar surface area (TPSA) is 81.7 Å². The Morgan fingerprint density at radius 1 is 1.32 bits per heavy atom. The Balaban J connectivity index is 1.88. The lowest BCUT2D eigenvalue weighted by Crippen LogP contribution is -2.25. The zero-order chi connectivity index (χ0) is 17.5. The number of hydrazone groups is 1. The Morgan fingerprint density at radius 2 is 2.20 bits per heavy atom. The molecular formula is C18H20N4O3. The zero-order valence-corrected chi connectivity index (χ0v) is 14.0. The predicted octanol–water partition coefficient (Wildman–Crippen LogP) is 2.86. The Kier molecular flexibility index (Phi) is 5.58. The Bertz CT molecular complexity index is 900. The lowest BCUT2D eigenvalue weighted by Gasteiger charge is -2.12. The molecule has 0 saturated carbocycles. The van der Waals surface area contributed by atoms with E-state index in [2.05, 4.69) is 15.5 Å². The number of benzene rings is 1. The minimum Gasteiger partial charge on any atom is -0.463 e. The molecule has 0 aliphatic rings. The molecular weight excluding hydrogens is 320 g/mol. The van der Waals surface area contributed by atoms with E-state index in [1.807, 2.05) is 25.1 Å². The quantitative estimate of drug-likeness (QED) is 0.387. The van der Waals surface area contributed by atoms with Gasteiger partial charge in [-0.2, -0.15) is 5.10 Å². The molecule has 3 rings (SSSR count). The summed E-state index contributed by atoms with van der Waals surface area (Å²) >= 11 is 0. The van der Waals surface area contributed by atoms with Crippen LogP contribution >= 0.6 is 0 Å². The second-order valence-corrected chi connectivity index (χ2v) is 5.35. The highest BCUT2D eigenvalue weighted by molar-refractivity contribution is 5.79. The molecule has 1 N–H and O–H groups in total. The van der Waals surface area contributed by atoms with Crippen molar-refractivity contribution in [1.29, 1.82) is 0 Å². The van der Waals surface area contributed by atoms with E-state index in [1.54, 1.807) is 29.0 Å². The molecule has 0 saturated heterocycles. The van der Waals surface area contributed by atoms with Crippen molar-refractivity contribution in [1.82, 2.24) is 9.55 Å². The molecule has 2 aromatic heterocycles. The van der Waals surface area contributed by atoms with Gasteiger partial charge in [-0.25, -0.2) is 10.4 Å². The van der Waals surface area contributed by atoms with E-state index in [-0.39, 0.29) is 5.56 Å². The van der Waals surface area contributed by atoms with Gasteiger partial charge in [0.2, 0.25) is 5.95 Å². The van der Waals surface area contributed by atoms with Crippen LogP contribution in [0.5, 0.6) is 0 Å². The Labute approximate surface area is 144 Å². The number of furan rings is 1. The van der Waals surface area contributed by atoms with Crippen LogP contribution in [0.4, 0.5) is 5.95 Å². The number of rotatable bonds is 8. The Hall–Kier alpha value is -2.93. The van der Waals surface area contributed by atoms with Gasteiger partial charge in [0, 0.05) is 19.8 Å². The maximum Gasteiger partial charge on any atom is 0.262 e. The van der Waals surface area contributed by atoms with E-state index in [9.17, 15) is 4.79 Å². The van der Waals surface area contributed by atoms with Crippen LogP contribution in [-0.4, -0.2) is 29.0 Å². The minimum absolute atomic E-state index is 0.0993. The number of para-hydroxylation sites is 1. The third-order valence-electron chi connectivity index (χ3n) is 3.64. The lowest BCUT2D eigenvalue weighted by atomic mass is 10.2. The maximum atomic E-state index is 12.8. The second kappa shape index (κ2) is 8.25. The molecule has 7 nitrogen and oxygen atoms in total. The van der Waals surface area contributed by atoms with Crippen molar-refractivity contribution in [2.75, 3.05) is 18.6 Å². The summed E-state index contributed by atoms with van der Waals surface area (Å²) in [6.07, 6.45) is 3.81. The van der Waals surface area contributed by atoms with Crippen molar-refractivity contribution in [2.24, 2.45) is 5.10 Å². The van der Waals surface area contributed by atoms with Gasteiger partial charge in [0.05, 0.1) is 23.4 Å². The summed E-state index contributed by atoms with van der Waals surface area (Å²) < 4.78 is 12.1. The summed E-state index contributed by atoms with van der Waals surface area (Å²) in [5, 5.41) is 4.70. The van der Waals surface area contributed by atoms with Crippen LogP contribution in [0.1, 0.15) is 19.1 Å². The molecule has 0 radical (unpaired) electrons. The van der Waals surface area contributed by atoms with E-state index in [4.69, 9.17) is 9.15 Å². The zero-order valence-electron chi connectivity index (χ0n) is 14.0. The van der Waals surface area contributed by atoms with Gasteiger partial charge < -0.3 is 9.15 Å². The van der Waals surface area contributed by atoms with Gasteiger partial charge in [-0.1, -0.05) is 12.1 Å². The molecule has 2 heterocycles. The summed E-state index contributed by atoms with van der Waals surface area (Å²) in [7, 11) is 0. The number of hydrogen-bond donors (Lipinski definition) is 1. The first kappa shape index (κ1) is 16.9. The summed E-state index contributed by atoms with van der Waals surface area (Å²) in [4.78, 5) is 17.3. The third kappa shape index (κ3) is 4.13. The van der Waals surface area contributed by atoms with Gasteiger partial charge in [0.15, 0.2) is 0 Å². The van der Waals surface area contributed by atoms with E-state index < -0.39 is 0 Å². The third-order valence-corrected chi connectivity index (χ3v) is 3.64. The summed E-state index contributed by atoms with van der Waals surface area (Å²) in [5.41, 5.74) is 3.38. The largest absolute Gasteiger partial charge is 0.463 e. The molecule has 1 aromatic carbocycles. The average molecular weight is 340 g/mol. The fraction of sp³-hybridized carbons (Fsp3) is 0.278. The number of fused-ring (bicyclic) bond motifs is 1.